The highest BCUT2D eigenvalue weighted by Gasteiger charge is 2.19. The van der Waals surface area contributed by atoms with Crippen molar-refractivity contribution in [1.29, 1.82) is 0 Å². The van der Waals surface area contributed by atoms with Crippen molar-refractivity contribution in [2.24, 2.45) is 5.41 Å². The van der Waals surface area contributed by atoms with Gasteiger partial charge >= 0.3 is 0 Å². The van der Waals surface area contributed by atoms with Crippen LogP contribution < -0.4 is 16.0 Å². The van der Waals surface area contributed by atoms with Gasteiger partial charge in [0.25, 0.3) is 5.91 Å². The number of hydrogen-bond acceptors (Lipinski definition) is 5. The highest BCUT2D eigenvalue weighted by molar-refractivity contribution is 7.18. The predicted octanol–water partition coefficient (Wildman–Crippen LogP) is 1.57. The van der Waals surface area contributed by atoms with E-state index in [0.29, 0.717) is 17.2 Å². The number of thiazole rings is 1. The minimum Gasteiger partial charge on any atom is -0.382 e. The van der Waals surface area contributed by atoms with E-state index in [0.717, 1.165) is 5.13 Å². The lowest BCUT2D eigenvalue weighted by atomic mass is 9.97. The zero-order valence-electron chi connectivity index (χ0n) is 11.0. The molecule has 0 aliphatic carbocycles. The smallest absolute Gasteiger partial charge is 0.265 e. The van der Waals surface area contributed by atoms with Gasteiger partial charge in [0.05, 0.1) is 0 Å². The molecule has 0 atom stereocenters. The van der Waals surface area contributed by atoms with Gasteiger partial charge in [-0.15, -0.1) is 0 Å². The minimum atomic E-state index is -0.150. The Hall–Kier alpha value is -1.30. The van der Waals surface area contributed by atoms with E-state index in [1.807, 2.05) is 19.0 Å². The normalized spacial score (nSPS) is 11.4. The minimum absolute atomic E-state index is 0.0550. The molecule has 17 heavy (non-hydrogen) atoms. The van der Waals surface area contributed by atoms with Gasteiger partial charge in [0.1, 0.15) is 10.7 Å². The van der Waals surface area contributed by atoms with E-state index < -0.39 is 0 Å². The standard InChI is InChI=1S/C11H20N4OS/c1-11(2,3)6-13-9(16)7-8(12)14-10(17-7)15(4)5/h6,12H2,1-5H3,(H,13,16). The molecule has 3 N–H and O–H groups in total. The molecule has 0 aliphatic heterocycles. The summed E-state index contributed by atoms with van der Waals surface area (Å²) < 4.78 is 0. The van der Waals surface area contributed by atoms with Gasteiger partial charge in [-0.25, -0.2) is 4.98 Å². The number of nitrogen functional groups attached to an aromatic ring is 1. The Balaban J connectivity index is 2.76. The van der Waals surface area contributed by atoms with Crippen LogP contribution in [0.25, 0.3) is 0 Å². The van der Waals surface area contributed by atoms with E-state index in [2.05, 4.69) is 31.1 Å². The highest BCUT2D eigenvalue weighted by Crippen LogP contribution is 2.26. The third kappa shape index (κ3) is 3.89. The van der Waals surface area contributed by atoms with Crippen LogP contribution >= 0.6 is 11.3 Å². The number of nitrogens with zero attached hydrogens (tertiary/aromatic N) is 2. The average Bonchev–Trinajstić information content (AvgIpc) is 2.56. The van der Waals surface area contributed by atoms with E-state index in [1.165, 1.54) is 11.3 Å². The molecule has 0 aliphatic rings. The van der Waals surface area contributed by atoms with Crippen LogP contribution in [0, 0.1) is 5.41 Å². The number of nitrogens with two attached hydrogens (primary N) is 1. The van der Waals surface area contributed by atoms with Gasteiger partial charge in [0.2, 0.25) is 0 Å². The maximum Gasteiger partial charge on any atom is 0.265 e. The maximum atomic E-state index is 11.9. The molecule has 0 saturated heterocycles. The number of hydrogen-bond donors (Lipinski definition) is 2. The quantitative estimate of drug-likeness (QED) is 0.861. The van der Waals surface area contributed by atoms with Crippen molar-refractivity contribution < 1.29 is 4.79 Å². The molecule has 0 fully saturated rings. The molecule has 1 heterocycles. The fourth-order valence-electron chi connectivity index (χ4n) is 1.10. The Morgan fingerprint density at radius 3 is 2.47 bits per heavy atom. The van der Waals surface area contributed by atoms with E-state index in [1.54, 1.807) is 0 Å². The van der Waals surface area contributed by atoms with Crippen LogP contribution in [-0.4, -0.2) is 31.5 Å². The van der Waals surface area contributed by atoms with Crippen molar-refractivity contribution in [2.75, 3.05) is 31.3 Å². The molecule has 0 spiro atoms. The maximum absolute atomic E-state index is 11.9. The van der Waals surface area contributed by atoms with Crippen LogP contribution in [0.5, 0.6) is 0 Å². The summed E-state index contributed by atoms with van der Waals surface area (Å²) in [5, 5.41) is 3.60. The lowest BCUT2D eigenvalue weighted by Crippen LogP contribution is -2.32. The summed E-state index contributed by atoms with van der Waals surface area (Å²) in [6.45, 7) is 6.80. The fourth-order valence-corrected chi connectivity index (χ4v) is 1.92. The van der Waals surface area contributed by atoms with Crippen molar-refractivity contribution >= 4 is 28.2 Å². The Kier molecular flexibility index (Phi) is 3.98. The number of carbonyl (C=O) groups is 1. The van der Waals surface area contributed by atoms with Crippen LogP contribution in [0.4, 0.5) is 10.9 Å². The first kappa shape index (κ1) is 13.8. The first-order chi connectivity index (χ1) is 7.70. The SMILES string of the molecule is CN(C)c1nc(N)c(C(=O)NCC(C)(C)C)s1. The fraction of sp³-hybridized carbons (Fsp3) is 0.636. The molecule has 0 saturated carbocycles. The molecule has 6 heteroatoms. The zero-order valence-corrected chi connectivity index (χ0v) is 11.8. The first-order valence-electron chi connectivity index (χ1n) is 5.42. The monoisotopic (exact) mass is 256 g/mol. The van der Waals surface area contributed by atoms with Crippen molar-refractivity contribution in [1.82, 2.24) is 10.3 Å². The van der Waals surface area contributed by atoms with Gasteiger partial charge in [-0.1, -0.05) is 32.1 Å². The molecular weight excluding hydrogens is 236 g/mol. The summed E-state index contributed by atoms with van der Waals surface area (Å²) in [6, 6.07) is 0. The van der Waals surface area contributed by atoms with E-state index in [9.17, 15) is 4.79 Å². The Bertz CT molecular complexity index is 406. The van der Waals surface area contributed by atoms with Gasteiger partial charge < -0.3 is 16.0 Å². The van der Waals surface area contributed by atoms with Gasteiger partial charge in [-0.05, 0) is 5.41 Å². The molecule has 1 aromatic rings. The molecule has 1 aromatic heterocycles. The Morgan fingerprint density at radius 2 is 2.06 bits per heavy atom. The second kappa shape index (κ2) is 4.91. The number of amides is 1. The third-order valence-corrected chi connectivity index (χ3v) is 3.25. The Labute approximate surface area is 106 Å². The summed E-state index contributed by atoms with van der Waals surface area (Å²) in [6.07, 6.45) is 0. The number of aromatic nitrogens is 1. The predicted molar refractivity (Wildman–Crippen MR) is 72.6 cm³/mol. The molecule has 0 radical (unpaired) electrons. The lowest BCUT2D eigenvalue weighted by Gasteiger charge is -2.18. The Morgan fingerprint density at radius 1 is 1.47 bits per heavy atom. The van der Waals surface area contributed by atoms with Crippen LogP contribution in [0.15, 0.2) is 0 Å². The topological polar surface area (TPSA) is 71.2 Å². The largest absolute Gasteiger partial charge is 0.382 e. The third-order valence-electron chi connectivity index (χ3n) is 2.01. The summed E-state index contributed by atoms with van der Waals surface area (Å²) in [4.78, 5) is 18.4. The second-order valence-corrected chi connectivity index (χ2v) is 6.33. The van der Waals surface area contributed by atoms with Crippen molar-refractivity contribution in [3.8, 4) is 0 Å². The summed E-state index contributed by atoms with van der Waals surface area (Å²) in [5.74, 6) is 0.146. The molecule has 0 aromatic carbocycles. The van der Waals surface area contributed by atoms with E-state index in [4.69, 9.17) is 5.73 Å². The zero-order chi connectivity index (χ0) is 13.2. The van der Waals surface area contributed by atoms with Crippen molar-refractivity contribution in [2.45, 2.75) is 20.8 Å². The van der Waals surface area contributed by atoms with Crippen LogP contribution in [-0.2, 0) is 0 Å². The van der Waals surface area contributed by atoms with E-state index in [-0.39, 0.29) is 11.3 Å². The summed E-state index contributed by atoms with van der Waals surface area (Å²) >= 11 is 1.30. The van der Waals surface area contributed by atoms with Gasteiger partial charge in [0, 0.05) is 20.6 Å². The van der Waals surface area contributed by atoms with Crippen molar-refractivity contribution in [3.63, 3.8) is 0 Å². The number of nitrogens with one attached hydrogen (secondary N) is 1. The second-order valence-electron chi connectivity index (χ2n) is 5.35. The van der Waals surface area contributed by atoms with Crippen LogP contribution in [0.3, 0.4) is 0 Å². The average molecular weight is 256 g/mol. The molecular formula is C11H20N4OS. The molecule has 0 unspecified atom stereocenters. The van der Waals surface area contributed by atoms with Crippen LogP contribution in [0.2, 0.25) is 0 Å². The molecule has 0 bridgehead atoms. The number of rotatable bonds is 3. The number of anilines is 2. The van der Waals surface area contributed by atoms with Gasteiger partial charge in [-0.3, -0.25) is 4.79 Å². The van der Waals surface area contributed by atoms with Gasteiger partial charge in [0.15, 0.2) is 5.13 Å². The number of carbonyl (C=O) groups excluding carboxylic acids is 1. The molecule has 96 valence electrons. The first-order valence-corrected chi connectivity index (χ1v) is 6.24. The summed E-state index contributed by atoms with van der Waals surface area (Å²) in [5.41, 5.74) is 5.79. The lowest BCUT2D eigenvalue weighted by molar-refractivity contribution is 0.0944. The van der Waals surface area contributed by atoms with Gasteiger partial charge in [-0.2, -0.15) is 0 Å². The van der Waals surface area contributed by atoms with Crippen molar-refractivity contribution in [3.05, 3.63) is 4.88 Å². The highest BCUT2D eigenvalue weighted by atomic mass is 32.1. The molecule has 1 amide bonds. The molecule has 1 rings (SSSR count). The van der Waals surface area contributed by atoms with E-state index >= 15 is 0 Å². The van der Waals surface area contributed by atoms with Crippen LogP contribution in [0.1, 0.15) is 30.4 Å². The molecule has 5 nitrogen and oxygen atoms in total. The summed E-state index contributed by atoms with van der Waals surface area (Å²) in [7, 11) is 3.74.